The Morgan fingerprint density at radius 1 is 1.04 bits per heavy atom. The maximum Gasteiger partial charge on any atom is 0.494 e. The van der Waals surface area contributed by atoms with Gasteiger partial charge in [0.2, 0.25) is 0 Å². The van der Waals surface area contributed by atoms with E-state index in [1.165, 1.54) is 0 Å². The minimum absolute atomic E-state index is 0.239. The maximum atomic E-state index is 6.15. The van der Waals surface area contributed by atoms with Crippen molar-refractivity contribution in [1.29, 1.82) is 0 Å². The second-order valence-electron chi connectivity index (χ2n) is 8.35. The van der Waals surface area contributed by atoms with Gasteiger partial charge in [0, 0.05) is 6.54 Å². The molecule has 0 saturated carbocycles. The zero-order chi connectivity index (χ0) is 18.2. The molecule has 1 heterocycles. The molecule has 4 nitrogen and oxygen atoms in total. The molecule has 1 aromatic carbocycles. The van der Waals surface area contributed by atoms with E-state index >= 15 is 0 Å². The van der Waals surface area contributed by atoms with Crippen molar-refractivity contribution >= 4 is 12.6 Å². The van der Waals surface area contributed by atoms with Gasteiger partial charge in [-0.3, -0.25) is 0 Å². The van der Waals surface area contributed by atoms with Crippen LogP contribution in [0.5, 0.6) is 5.75 Å². The highest BCUT2D eigenvalue weighted by molar-refractivity contribution is 6.62. The summed E-state index contributed by atoms with van der Waals surface area (Å²) in [5, 5.41) is 0. The van der Waals surface area contributed by atoms with Crippen LogP contribution >= 0.6 is 0 Å². The van der Waals surface area contributed by atoms with E-state index < -0.39 is 0 Å². The van der Waals surface area contributed by atoms with Crippen LogP contribution in [0.2, 0.25) is 0 Å². The molecule has 0 unspecified atom stereocenters. The Bertz CT molecular complexity index is 538. The SMILES string of the molecule is CCN(C)CC(C)(C)Oc1ccc(B2OC(C)(C)C(C)(C)O2)cc1. The number of hydrogen-bond donors (Lipinski definition) is 0. The predicted molar refractivity (Wildman–Crippen MR) is 100 cm³/mol. The molecular formula is C19H32BNO3. The maximum absolute atomic E-state index is 6.15. The molecule has 0 radical (unpaired) electrons. The van der Waals surface area contributed by atoms with Crippen molar-refractivity contribution < 1.29 is 14.0 Å². The molecule has 5 heteroatoms. The predicted octanol–water partition coefficient (Wildman–Crippen LogP) is 3.09. The first-order chi connectivity index (χ1) is 11.0. The van der Waals surface area contributed by atoms with E-state index in [0.717, 1.165) is 24.3 Å². The van der Waals surface area contributed by atoms with Crippen molar-refractivity contribution in [3.8, 4) is 5.75 Å². The largest absolute Gasteiger partial charge is 0.494 e. The first-order valence-electron chi connectivity index (χ1n) is 8.79. The Kier molecular flexibility index (Phi) is 5.38. The van der Waals surface area contributed by atoms with Gasteiger partial charge in [-0.25, -0.2) is 0 Å². The Morgan fingerprint density at radius 3 is 2.00 bits per heavy atom. The first kappa shape index (κ1) is 19.3. The van der Waals surface area contributed by atoms with Gasteiger partial charge >= 0.3 is 7.12 Å². The number of likely N-dealkylation sites (N-methyl/N-ethyl adjacent to an activating group) is 1. The summed E-state index contributed by atoms with van der Waals surface area (Å²) < 4.78 is 18.3. The number of ether oxygens (including phenoxy) is 1. The summed E-state index contributed by atoms with van der Waals surface area (Å²) in [5.74, 6) is 0.866. The number of hydrogen-bond acceptors (Lipinski definition) is 4. The molecule has 2 rings (SSSR count). The fourth-order valence-corrected chi connectivity index (χ4v) is 2.79. The van der Waals surface area contributed by atoms with Crippen molar-refractivity contribution in [1.82, 2.24) is 4.90 Å². The summed E-state index contributed by atoms with van der Waals surface area (Å²) >= 11 is 0. The van der Waals surface area contributed by atoms with Crippen LogP contribution in [0, 0.1) is 0 Å². The third kappa shape index (κ3) is 4.32. The van der Waals surface area contributed by atoms with Crippen LogP contribution in [0.4, 0.5) is 0 Å². The fraction of sp³-hybridized carbons (Fsp3) is 0.684. The molecule has 0 atom stereocenters. The number of rotatable bonds is 6. The molecule has 0 spiro atoms. The Morgan fingerprint density at radius 2 is 1.54 bits per heavy atom. The molecule has 134 valence electrons. The van der Waals surface area contributed by atoms with Gasteiger partial charge in [-0.15, -0.1) is 0 Å². The highest BCUT2D eigenvalue weighted by Crippen LogP contribution is 2.36. The van der Waals surface area contributed by atoms with Gasteiger partial charge in [-0.2, -0.15) is 0 Å². The van der Waals surface area contributed by atoms with Crippen LogP contribution in [0.15, 0.2) is 24.3 Å². The highest BCUT2D eigenvalue weighted by Gasteiger charge is 2.51. The van der Waals surface area contributed by atoms with Gasteiger partial charge < -0.3 is 18.9 Å². The highest BCUT2D eigenvalue weighted by atomic mass is 16.7. The monoisotopic (exact) mass is 333 g/mol. The van der Waals surface area contributed by atoms with Crippen LogP contribution in [-0.4, -0.2) is 49.0 Å². The zero-order valence-corrected chi connectivity index (χ0v) is 16.5. The van der Waals surface area contributed by atoms with Crippen LogP contribution < -0.4 is 10.2 Å². The summed E-state index contributed by atoms with van der Waals surface area (Å²) in [5.41, 5.74) is 0.139. The average Bonchev–Trinajstić information content (AvgIpc) is 2.67. The first-order valence-corrected chi connectivity index (χ1v) is 8.79. The molecule has 1 fully saturated rings. The van der Waals surface area contributed by atoms with E-state index in [1.807, 2.05) is 24.3 Å². The molecule has 0 aliphatic carbocycles. The van der Waals surface area contributed by atoms with Crippen molar-refractivity contribution in [3.05, 3.63) is 24.3 Å². The third-order valence-corrected chi connectivity index (χ3v) is 4.99. The molecule has 1 aliphatic heterocycles. The summed E-state index contributed by atoms with van der Waals surface area (Å²) in [6.45, 7) is 16.5. The zero-order valence-electron chi connectivity index (χ0n) is 16.5. The summed E-state index contributed by atoms with van der Waals surface area (Å²) in [7, 11) is 1.77. The van der Waals surface area contributed by atoms with Crippen molar-refractivity contribution in [3.63, 3.8) is 0 Å². The van der Waals surface area contributed by atoms with Gasteiger partial charge in [0.1, 0.15) is 11.4 Å². The minimum Gasteiger partial charge on any atom is -0.487 e. The smallest absolute Gasteiger partial charge is 0.487 e. The summed E-state index contributed by atoms with van der Waals surface area (Å²) in [4.78, 5) is 2.25. The molecule has 0 bridgehead atoms. The normalized spacial score (nSPS) is 19.8. The molecule has 0 N–H and O–H groups in total. The Labute approximate surface area is 147 Å². The van der Waals surface area contributed by atoms with Gasteiger partial charge in [0.05, 0.1) is 11.2 Å². The lowest BCUT2D eigenvalue weighted by Gasteiger charge is -2.32. The molecule has 1 aromatic rings. The van der Waals surface area contributed by atoms with E-state index in [9.17, 15) is 0 Å². The Hall–Kier alpha value is -1.04. The quantitative estimate of drug-likeness (QED) is 0.749. The van der Waals surface area contributed by atoms with Gasteiger partial charge in [0.15, 0.2) is 0 Å². The van der Waals surface area contributed by atoms with E-state index in [-0.39, 0.29) is 23.9 Å². The topological polar surface area (TPSA) is 30.9 Å². The molecule has 1 aliphatic rings. The van der Waals surface area contributed by atoms with Gasteiger partial charge in [0.25, 0.3) is 0 Å². The lowest BCUT2D eigenvalue weighted by Crippen LogP contribution is -2.41. The minimum atomic E-state index is -0.330. The van der Waals surface area contributed by atoms with E-state index in [4.69, 9.17) is 14.0 Å². The van der Waals surface area contributed by atoms with Gasteiger partial charge in [-0.05, 0) is 72.7 Å². The van der Waals surface area contributed by atoms with E-state index in [1.54, 1.807) is 0 Å². The van der Waals surface area contributed by atoms with Crippen molar-refractivity contribution in [2.24, 2.45) is 0 Å². The van der Waals surface area contributed by atoms with Crippen molar-refractivity contribution in [2.75, 3.05) is 20.1 Å². The average molecular weight is 333 g/mol. The van der Waals surface area contributed by atoms with Gasteiger partial charge in [-0.1, -0.05) is 19.1 Å². The number of nitrogens with zero attached hydrogens (tertiary/aromatic N) is 1. The lowest BCUT2D eigenvalue weighted by atomic mass is 9.79. The molecule has 0 amide bonds. The van der Waals surface area contributed by atoms with E-state index in [0.29, 0.717) is 0 Å². The second kappa shape index (κ2) is 6.70. The standard InChI is InChI=1S/C19H32BNO3/c1-9-21(8)14-17(2,3)22-16-12-10-15(11-13-16)20-23-18(4,5)19(6,7)24-20/h10-13H,9,14H2,1-8H3. The third-order valence-electron chi connectivity index (χ3n) is 4.99. The number of benzene rings is 1. The van der Waals surface area contributed by atoms with Crippen molar-refractivity contribution in [2.45, 2.75) is 65.3 Å². The molecule has 24 heavy (non-hydrogen) atoms. The molecule has 0 aromatic heterocycles. The van der Waals surface area contributed by atoms with E-state index in [2.05, 4.69) is 60.4 Å². The Balaban J connectivity index is 2.04. The summed E-state index contributed by atoms with van der Waals surface area (Å²) in [6, 6.07) is 8.04. The lowest BCUT2D eigenvalue weighted by molar-refractivity contribution is 0.00578. The molecule has 1 saturated heterocycles. The fourth-order valence-electron chi connectivity index (χ4n) is 2.79. The van der Waals surface area contributed by atoms with Crippen LogP contribution in [0.25, 0.3) is 0 Å². The second-order valence-corrected chi connectivity index (χ2v) is 8.35. The van der Waals surface area contributed by atoms with Crippen LogP contribution in [0.1, 0.15) is 48.5 Å². The van der Waals surface area contributed by atoms with Crippen LogP contribution in [0.3, 0.4) is 0 Å². The molecular weight excluding hydrogens is 301 g/mol. The summed E-state index contributed by atoms with van der Waals surface area (Å²) in [6.07, 6.45) is 0. The van der Waals surface area contributed by atoms with Crippen LogP contribution in [-0.2, 0) is 9.31 Å².